The van der Waals surface area contributed by atoms with Gasteiger partial charge in [-0.25, -0.2) is 0 Å². The summed E-state index contributed by atoms with van der Waals surface area (Å²) in [4.78, 5) is 87.5. The predicted octanol–water partition coefficient (Wildman–Crippen LogP) is 1.83. The van der Waals surface area contributed by atoms with E-state index in [1.54, 1.807) is 53.7 Å². The van der Waals surface area contributed by atoms with Gasteiger partial charge in [-0.1, -0.05) is 31.0 Å². The van der Waals surface area contributed by atoms with Crippen molar-refractivity contribution in [1.29, 1.82) is 0 Å². The second-order valence-corrected chi connectivity index (χ2v) is 15.0. The molecule has 6 heterocycles. The number of carbonyl (C=O) groups excluding carboxylic acids is 6. The van der Waals surface area contributed by atoms with Crippen LogP contribution in [0.4, 0.5) is 5.82 Å². The van der Waals surface area contributed by atoms with Crippen molar-refractivity contribution in [3.63, 3.8) is 0 Å². The van der Waals surface area contributed by atoms with Gasteiger partial charge in [0.25, 0.3) is 11.8 Å². The van der Waals surface area contributed by atoms with Gasteiger partial charge < -0.3 is 30.7 Å². The number of piperazine rings is 1. The number of likely N-dealkylation sites (tertiary alicyclic amines) is 1. The lowest BCUT2D eigenvalue weighted by Gasteiger charge is -2.36. The average molecular weight is 777 g/mol. The molecule has 16 nitrogen and oxygen atoms in total. The number of amides is 6. The number of nitrogens with one attached hydrogen (secondary N) is 2. The van der Waals surface area contributed by atoms with Crippen molar-refractivity contribution in [2.24, 2.45) is 11.7 Å². The Morgan fingerprint density at radius 1 is 0.912 bits per heavy atom. The van der Waals surface area contributed by atoms with Gasteiger partial charge in [0.15, 0.2) is 11.5 Å². The van der Waals surface area contributed by atoms with E-state index < -0.39 is 18.0 Å². The molecule has 2 unspecified atom stereocenters. The number of imide groups is 1. The van der Waals surface area contributed by atoms with Crippen molar-refractivity contribution in [2.75, 3.05) is 50.7 Å². The molecular weight excluding hydrogens is 729 g/mol. The molecule has 0 saturated carbocycles. The quantitative estimate of drug-likeness (QED) is 0.138. The van der Waals surface area contributed by atoms with Crippen molar-refractivity contribution in [2.45, 2.75) is 63.6 Å². The molecule has 0 aliphatic carbocycles. The van der Waals surface area contributed by atoms with E-state index in [0.717, 1.165) is 37.7 Å². The minimum absolute atomic E-state index is 0.116. The van der Waals surface area contributed by atoms with Gasteiger partial charge >= 0.3 is 0 Å². The molecule has 2 atom stereocenters. The summed E-state index contributed by atoms with van der Waals surface area (Å²) >= 11 is 0. The van der Waals surface area contributed by atoms with Gasteiger partial charge in [-0.3, -0.25) is 39.1 Å². The van der Waals surface area contributed by atoms with Crippen LogP contribution in [0.3, 0.4) is 0 Å². The molecule has 3 fully saturated rings. The zero-order chi connectivity index (χ0) is 39.9. The Balaban J connectivity index is 0.826. The number of hydrogen-bond acceptors (Lipinski definition) is 11. The Morgan fingerprint density at radius 2 is 1.72 bits per heavy atom. The number of rotatable bonds is 12. The Morgan fingerprint density at radius 3 is 2.44 bits per heavy atom. The molecule has 2 aromatic heterocycles. The summed E-state index contributed by atoms with van der Waals surface area (Å²) in [5.41, 5.74) is 9.31. The second-order valence-electron chi connectivity index (χ2n) is 15.0. The predicted molar refractivity (Wildman–Crippen MR) is 209 cm³/mol. The molecular formula is C41H48N10O6. The van der Waals surface area contributed by atoms with Gasteiger partial charge in [0, 0.05) is 82.8 Å². The number of unbranched alkanes of at least 4 members (excludes halogenated alkanes) is 1. The Kier molecular flexibility index (Phi) is 12.3. The normalized spacial score (nSPS) is 19.5. The van der Waals surface area contributed by atoms with Crippen molar-refractivity contribution in [3.8, 4) is 0 Å². The smallest absolute Gasteiger partial charge is 0.274 e. The van der Waals surface area contributed by atoms with Crippen molar-refractivity contribution in [1.82, 2.24) is 40.5 Å². The third-order valence-electron chi connectivity index (χ3n) is 11.4. The molecule has 4 aliphatic heterocycles. The fourth-order valence-electron chi connectivity index (χ4n) is 8.06. The van der Waals surface area contributed by atoms with Gasteiger partial charge in [0.05, 0.1) is 0 Å². The monoisotopic (exact) mass is 776 g/mol. The van der Waals surface area contributed by atoms with Crippen molar-refractivity contribution in [3.05, 3.63) is 88.9 Å². The van der Waals surface area contributed by atoms with Crippen LogP contribution in [0.1, 0.15) is 88.5 Å². The lowest BCUT2D eigenvalue weighted by atomic mass is 9.91. The maximum atomic E-state index is 13.6. The molecule has 16 heteroatoms. The molecule has 0 radical (unpaired) electrons. The number of nitrogens with two attached hydrogens (primary N) is 1. The van der Waals surface area contributed by atoms with Crippen LogP contribution in [0.15, 0.2) is 60.9 Å². The van der Waals surface area contributed by atoms with E-state index in [1.165, 1.54) is 11.0 Å². The van der Waals surface area contributed by atoms with Crippen LogP contribution in [-0.2, 0) is 25.7 Å². The van der Waals surface area contributed by atoms with Gasteiger partial charge in [0.2, 0.25) is 23.6 Å². The first-order valence-corrected chi connectivity index (χ1v) is 19.7. The van der Waals surface area contributed by atoms with Crippen LogP contribution in [-0.4, -0.2) is 117 Å². The molecule has 298 valence electrons. The van der Waals surface area contributed by atoms with Gasteiger partial charge in [0.1, 0.15) is 12.1 Å². The summed E-state index contributed by atoms with van der Waals surface area (Å²) < 4.78 is 0. The summed E-state index contributed by atoms with van der Waals surface area (Å²) in [6, 6.07) is 10.6. The lowest BCUT2D eigenvalue weighted by molar-refractivity contribution is -0.137. The van der Waals surface area contributed by atoms with Gasteiger partial charge in [-0.2, -0.15) is 0 Å². The van der Waals surface area contributed by atoms with Crippen molar-refractivity contribution < 1.29 is 28.8 Å². The third kappa shape index (κ3) is 9.17. The number of nitrogens with zero attached hydrogens (tertiary/aromatic N) is 7. The van der Waals surface area contributed by atoms with Crippen LogP contribution >= 0.6 is 0 Å². The first-order chi connectivity index (χ1) is 27.7. The Bertz CT molecular complexity index is 2010. The van der Waals surface area contributed by atoms with Gasteiger partial charge in [-0.15, -0.1) is 10.2 Å². The largest absolute Gasteiger partial charge is 0.353 e. The van der Waals surface area contributed by atoms with E-state index in [4.69, 9.17) is 5.73 Å². The van der Waals surface area contributed by atoms with E-state index >= 15 is 0 Å². The fourth-order valence-corrected chi connectivity index (χ4v) is 8.06. The number of carbonyl (C=O) groups is 6. The molecule has 6 amide bonds. The van der Waals surface area contributed by atoms with E-state index in [1.807, 2.05) is 21.9 Å². The SMILES string of the molecule is NC(C(=O)N1CCN(c2ccc(C(=O)N3CCC(CCCCNC(=O)/C=C/c4cccnc4)CC3)nn2)CC1)c1cccc2c1CN(C1CCC(=O)NC1=O)C2=O. The molecule has 3 saturated heterocycles. The fraction of sp³-hybridized carbons (Fsp3) is 0.439. The van der Waals surface area contributed by atoms with Crippen LogP contribution in [0, 0.1) is 5.92 Å². The summed E-state index contributed by atoms with van der Waals surface area (Å²) in [5, 5.41) is 13.9. The molecule has 57 heavy (non-hydrogen) atoms. The number of pyridine rings is 1. The van der Waals surface area contributed by atoms with Crippen LogP contribution in [0.5, 0.6) is 0 Å². The molecule has 3 aromatic rings. The average Bonchev–Trinajstić information content (AvgIpc) is 3.58. The molecule has 4 N–H and O–H groups in total. The first kappa shape index (κ1) is 39.2. The highest BCUT2D eigenvalue weighted by Gasteiger charge is 2.41. The van der Waals surface area contributed by atoms with E-state index in [9.17, 15) is 28.8 Å². The summed E-state index contributed by atoms with van der Waals surface area (Å²) in [7, 11) is 0. The topological polar surface area (TPSA) is 204 Å². The van der Waals surface area contributed by atoms with Crippen molar-refractivity contribution >= 4 is 47.3 Å². The van der Waals surface area contributed by atoms with Crippen LogP contribution < -0.4 is 21.3 Å². The minimum atomic E-state index is -0.998. The lowest BCUT2D eigenvalue weighted by Crippen LogP contribution is -2.52. The zero-order valence-corrected chi connectivity index (χ0v) is 31.8. The van der Waals surface area contributed by atoms with E-state index in [0.29, 0.717) is 79.9 Å². The van der Waals surface area contributed by atoms with Crippen LogP contribution in [0.25, 0.3) is 6.08 Å². The third-order valence-corrected chi connectivity index (χ3v) is 11.4. The standard InChI is InChI=1S/C41H48N10O6/c42-37(29-7-3-8-30-31(29)26-51(39(30)55)33-11-14-36(53)45-38(33)54)41(57)50-23-21-48(22-24-50)34-12-10-32(46-47-34)40(56)49-19-15-27(16-20-49)5-1-2-18-44-35(52)13-9-28-6-4-17-43-25-28/h3-4,6-10,12-13,17,25,27,33,37H,1-2,5,11,14-16,18-24,26,42H2,(H,44,52)(H,45,53,54)/b13-9+. The molecule has 1 aromatic carbocycles. The van der Waals surface area contributed by atoms with Gasteiger partial charge in [-0.05, 0) is 78.6 Å². The Labute approximate surface area is 330 Å². The second kappa shape index (κ2) is 17.8. The minimum Gasteiger partial charge on any atom is -0.353 e. The molecule has 7 rings (SSSR count). The van der Waals surface area contributed by atoms with E-state index in [2.05, 4.69) is 25.8 Å². The van der Waals surface area contributed by atoms with Crippen LogP contribution in [0.2, 0.25) is 0 Å². The maximum Gasteiger partial charge on any atom is 0.274 e. The molecule has 0 bridgehead atoms. The number of fused-ring (bicyclic) bond motifs is 1. The summed E-state index contributed by atoms with van der Waals surface area (Å²) in [6.07, 6.45) is 11.9. The van der Waals surface area contributed by atoms with E-state index in [-0.39, 0.29) is 48.9 Å². The summed E-state index contributed by atoms with van der Waals surface area (Å²) in [6.45, 7) is 3.90. The number of anilines is 1. The maximum absolute atomic E-state index is 13.6. The number of benzene rings is 1. The number of hydrogen-bond donors (Lipinski definition) is 3. The Hall–Kier alpha value is -6.03. The highest BCUT2D eigenvalue weighted by molar-refractivity contribution is 6.05. The first-order valence-electron chi connectivity index (χ1n) is 19.7. The molecule has 0 spiro atoms. The number of aromatic nitrogens is 3. The highest BCUT2D eigenvalue weighted by Crippen LogP contribution is 2.33. The summed E-state index contributed by atoms with van der Waals surface area (Å²) in [5.74, 6) is -0.520. The molecule has 4 aliphatic rings. The highest BCUT2D eigenvalue weighted by atomic mass is 16.2. The zero-order valence-electron chi connectivity index (χ0n) is 31.8. The number of piperidine rings is 2.